The summed E-state index contributed by atoms with van der Waals surface area (Å²) in [6.07, 6.45) is 6.05. The normalized spacial score (nSPS) is 17.0. The summed E-state index contributed by atoms with van der Waals surface area (Å²) in [4.78, 5) is 4.44. The molecule has 1 aliphatic rings. The summed E-state index contributed by atoms with van der Waals surface area (Å²) in [5.41, 5.74) is 3.57. The lowest BCUT2D eigenvalue weighted by Gasteiger charge is -2.23. The van der Waals surface area contributed by atoms with Crippen LogP contribution in [0, 0.1) is 0 Å². The standard InChI is InChI=1S/C15H19N3O/c1-16-14(12-5-4-8-19-10-12)9-18-11-17-13-6-2-3-7-15(13)18/h2-3,6-7,10-11,14,16H,4-5,8-9H2,1H3. The molecule has 0 saturated carbocycles. The lowest BCUT2D eigenvalue weighted by molar-refractivity contribution is 0.218. The largest absolute Gasteiger partial charge is 0.501 e. The van der Waals surface area contributed by atoms with Crippen LogP contribution in [0.5, 0.6) is 0 Å². The molecule has 0 amide bonds. The van der Waals surface area contributed by atoms with Gasteiger partial charge in [0.2, 0.25) is 0 Å². The van der Waals surface area contributed by atoms with Gasteiger partial charge in [-0.1, -0.05) is 12.1 Å². The Kier molecular flexibility index (Phi) is 3.51. The number of para-hydroxylation sites is 2. The average molecular weight is 257 g/mol. The van der Waals surface area contributed by atoms with Crippen molar-refractivity contribution in [2.24, 2.45) is 0 Å². The molecule has 19 heavy (non-hydrogen) atoms. The molecule has 0 saturated heterocycles. The van der Waals surface area contributed by atoms with E-state index in [9.17, 15) is 0 Å². The van der Waals surface area contributed by atoms with E-state index in [0.717, 1.165) is 31.5 Å². The molecule has 3 rings (SSSR count). The van der Waals surface area contributed by atoms with Crippen molar-refractivity contribution in [1.82, 2.24) is 14.9 Å². The van der Waals surface area contributed by atoms with Crippen LogP contribution in [0.4, 0.5) is 0 Å². The van der Waals surface area contributed by atoms with Gasteiger partial charge in [0, 0.05) is 12.6 Å². The number of aromatic nitrogens is 2. The summed E-state index contributed by atoms with van der Waals surface area (Å²) in [6, 6.07) is 8.53. The van der Waals surface area contributed by atoms with E-state index in [1.165, 1.54) is 11.1 Å². The molecule has 0 bridgehead atoms. The summed E-state index contributed by atoms with van der Waals surface area (Å²) < 4.78 is 7.64. The monoisotopic (exact) mass is 257 g/mol. The third-order valence-corrected chi connectivity index (χ3v) is 3.67. The third kappa shape index (κ3) is 2.49. The Bertz CT molecular complexity index is 588. The van der Waals surface area contributed by atoms with Gasteiger partial charge in [-0.05, 0) is 37.6 Å². The summed E-state index contributed by atoms with van der Waals surface area (Å²) in [7, 11) is 2.00. The SMILES string of the molecule is CNC(Cn1cnc2ccccc21)C1=COCCC1. The molecule has 1 atom stereocenters. The van der Waals surface area contributed by atoms with E-state index in [-0.39, 0.29) is 0 Å². The predicted molar refractivity (Wildman–Crippen MR) is 75.8 cm³/mol. The fraction of sp³-hybridized carbons (Fsp3) is 0.400. The molecule has 0 aliphatic carbocycles. The zero-order valence-corrected chi connectivity index (χ0v) is 11.2. The van der Waals surface area contributed by atoms with Crippen molar-refractivity contribution in [3.8, 4) is 0 Å². The maximum Gasteiger partial charge on any atom is 0.0958 e. The molecular formula is C15H19N3O. The molecule has 4 heteroatoms. The molecular weight excluding hydrogens is 238 g/mol. The molecule has 4 nitrogen and oxygen atoms in total. The number of nitrogens with zero attached hydrogens (tertiary/aromatic N) is 2. The van der Waals surface area contributed by atoms with Crippen LogP contribution < -0.4 is 5.32 Å². The highest BCUT2D eigenvalue weighted by Gasteiger charge is 2.16. The maximum atomic E-state index is 5.44. The first-order valence-corrected chi connectivity index (χ1v) is 6.76. The summed E-state index contributed by atoms with van der Waals surface area (Å²) in [5.74, 6) is 0. The van der Waals surface area contributed by atoms with Crippen LogP contribution in [0.1, 0.15) is 12.8 Å². The lowest BCUT2D eigenvalue weighted by Crippen LogP contribution is -2.33. The zero-order valence-electron chi connectivity index (χ0n) is 11.2. The van der Waals surface area contributed by atoms with E-state index in [1.807, 2.05) is 31.8 Å². The minimum Gasteiger partial charge on any atom is -0.501 e. The highest BCUT2D eigenvalue weighted by Crippen LogP contribution is 2.19. The fourth-order valence-electron chi connectivity index (χ4n) is 2.59. The molecule has 1 aromatic carbocycles. The van der Waals surface area contributed by atoms with Crippen molar-refractivity contribution in [3.05, 3.63) is 42.4 Å². The number of fused-ring (bicyclic) bond motifs is 1. The molecule has 1 unspecified atom stereocenters. The van der Waals surface area contributed by atoms with Crippen molar-refractivity contribution < 1.29 is 4.74 Å². The molecule has 1 aliphatic heterocycles. The van der Waals surface area contributed by atoms with Crippen LogP contribution in [-0.2, 0) is 11.3 Å². The maximum absolute atomic E-state index is 5.44. The summed E-state index contributed by atoms with van der Waals surface area (Å²) in [5, 5.41) is 3.38. The molecule has 0 fully saturated rings. The van der Waals surface area contributed by atoms with Crippen molar-refractivity contribution >= 4 is 11.0 Å². The number of imidazole rings is 1. The first-order chi connectivity index (χ1) is 9.38. The smallest absolute Gasteiger partial charge is 0.0958 e. The predicted octanol–water partition coefficient (Wildman–Crippen LogP) is 2.32. The van der Waals surface area contributed by atoms with Crippen LogP contribution in [0.2, 0.25) is 0 Å². The van der Waals surface area contributed by atoms with Gasteiger partial charge in [0.25, 0.3) is 0 Å². The fourth-order valence-corrected chi connectivity index (χ4v) is 2.59. The number of hydrogen-bond donors (Lipinski definition) is 1. The van der Waals surface area contributed by atoms with Crippen LogP contribution in [-0.4, -0.2) is 29.2 Å². The molecule has 1 aromatic heterocycles. The van der Waals surface area contributed by atoms with Gasteiger partial charge >= 0.3 is 0 Å². The van der Waals surface area contributed by atoms with E-state index in [1.54, 1.807) is 0 Å². The number of likely N-dealkylation sites (N-methyl/N-ethyl adjacent to an activating group) is 1. The molecule has 100 valence electrons. The van der Waals surface area contributed by atoms with E-state index in [2.05, 4.69) is 27.0 Å². The molecule has 2 aromatic rings. The molecule has 2 heterocycles. The zero-order chi connectivity index (χ0) is 13.1. The topological polar surface area (TPSA) is 39.1 Å². The third-order valence-electron chi connectivity index (χ3n) is 3.67. The quantitative estimate of drug-likeness (QED) is 0.913. The number of rotatable bonds is 4. The van der Waals surface area contributed by atoms with Gasteiger partial charge in [0.05, 0.1) is 30.2 Å². The molecule has 0 spiro atoms. The Balaban J connectivity index is 1.84. The minimum atomic E-state index is 0.304. The number of ether oxygens (including phenoxy) is 1. The average Bonchev–Trinajstić information content (AvgIpc) is 2.89. The van der Waals surface area contributed by atoms with Gasteiger partial charge in [0.1, 0.15) is 0 Å². The minimum absolute atomic E-state index is 0.304. The van der Waals surface area contributed by atoms with E-state index >= 15 is 0 Å². The first-order valence-electron chi connectivity index (χ1n) is 6.76. The highest BCUT2D eigenvalue weighted by molar-refractivity contribution is 5.74. The molecule has 1 N–H and O–H groups in total. The van der Waals surface area contributed by atoms with Crippen LogP contribution in [0.25, 0.3) is 11.0 Å². The van der Waals surface area contributed by atoms with Crippen molar-refractivity contribution in [1.29, 1.82) is 0 Å². The van der Waals surface area contributed by atoms with Crippen molar-refractivity contribution in [3.63, 3.8) is 0 Å². The van der Waals surface area contributed by atoms with E-state index in [4.69, 9.17) is 4.74 Å². The Morgan fingerprint density at radius 3 is 3.11 bits per heavy atom. The Labute approximate surface area is 113 Å². The number of hydrogen-bond acceptors (Lipinski definition) is 3. The van der Waals surface area contributed by atoms with E-state index in [0.29, 0.717) is 6.04 Å². The van der Waals surface area contributed by atoms with Crippen molar-refractivity contribution in [2.75, 3.05) is 13.7 Å². The van der Waals surface area contributed by atoms with Gasteiger partial charge in [-0.15, -0.1) is 0 Å². The second kappa shape index (κ2) is 5.45. The summed E-state index contributed by atoms with van der Waals surface area (Å²) >= 11 is 0. The van der Waals surface area contributed by atoms with Crippen LogP contribution >= 0.6 is 0 Å². The lowest BCUT2D eigenvalue weighted by atomic mass is 10.0. The van der Waals surface area contributed by atoms with Gasteiger partial charge in [0.15, 0.2) is 0 Å². The van der Waals surface area contributed by atoms with Gasteiger partial charge in [-0.25, -0.2) is 4.98 Å². The van der Waals surface area contributed by atoms with Gasteiger partial charge in [-0.3, -0.25) is 0 Å². The van der Waals surface area contributed by atoms with Crippen LogP contribution in [0.15, 0.2) is 42.4 Å². The number of nitrogens with one attached hydrogen (secondary N) is 1. The Hall–Kier alpha value is -1.81. The second-order valence-corrected chi connectivity index (χ2v) is 4.89. The first kappa shape index (κ1) is 12.2. The van der Waals surface area contributed by atoms with Crippen molar-refractivity contribution in [2.45, 2.75) is 25.4 Å². The van der Waals surface area contributed by atoms with Crippen LogP contribution in [0.3, 0.4) is 0 Å². The summed E-state index contributed by atoms with van der Waals surface area (Å²) in [6.45, 7) is 1.72. The van der Waals surface area contributed by atoms with Gasteiger partial charge in [-0.2, -0.15) is 0 Å². The Morgan fingerprint density at radius 1 is 1.42 bits per heavy atom. The molecule has 0 radical (unpaired) electrons. The van der Waals surface area contributed by atoms with Gasteiger partial charge < -0.3 is 14.6 Å². The second-order valence-electron chi connectivity index (χ2n) is 4.89. The Morgan fingerprint density at radius 2 is 2.32 bits per heavy atom. The highest BCUT2D eigenvalue weighted by atomic mass is 16.5. The van der Waals surface area contributed by atoms with E-state index < -0.39 is 0 Å². The number of benzene rings is 1.